The molecule has 1 heterocycles. The molecule has 2 N–H and O–H groups in total. The van der Waals surface area contributed by atoms with E-state index in [0.29, 0.717) is 5.57 Å². The van der Waals surface area contributed by atoms with Gasteiger partial charge in [-0.05, 0) is 17.8 Å². The van der Waals surface area contributed by atoms with E-state index in [1.165, 1.54) is 6.92 Å². The van der Waals surface area contributed by atoms with Crippen LogP contribution in [0.3, 0.4) is 0 Å². The predicted molar refractivity (Wildman–Crippen MR) is 82.8 cm³/mol. The number of hydrazine groups is 1. The van der Waals surface area contributed by atoms with Crippen LogP contribution < -0.4 is 10.7 Å². The lowest BCUT2D eigenvalue weighted by atomic mass is 9.72. The molecular weight excluding hydrogens is 302 g/mol. The maximum Gasteiger partial charge on any atom is 0.276 e. The van der Waals surface area contributed by atoms with Gasteiger partial charge in [0.25, 0.3) is 11.8 Å². The highest BCUT2D eigenvalue weighted by molar-refractivity contribution is 7.80. The summed E-state index contributed by atoms with van der Waals surface area (Å²) in [6, 6.07) is 0. The van der Waals surface area contributed by atoms with E-state index in [1.807, 2.05) is 18.2 Å². The van der Waals surface area contributed by atoms with Gasteiger partial charge in [0.15, 0.2) is 5.11 Å². The van der Waals surface area contributed by atoms with Gasteiger partial charge < -0.3 is 5.32 Å². The molecule has 3 amide bonds. The van der Waals surface area contributed by atoms with Crippen LogP contribution in [-0.4, -0.2) is 27.8 Å². The number of rotatable bonds is 1. The largest absolute Gasteiger partial charge is 0.302 e. The van der Waals surface area contributed by atoms with E-state index in [1.54, 1.807) is 18.2 Å². The summed E-state index contributed by atoms with van der Waals surface area (Å²) in [7, 11) is 0. The van der Waals surface area contributed by atoms with Crippen LogP contribution in [0.4, 0.5) is 0 Å². The van der Waals surface area contributed by atoms with Crippen LogP contribution in [-0.2, 0) is 14.4 Å². The van der Waals surface area contributed by atoms with Crippen molar-refractivity contribution in [3.63, 3.8) is 0 Å². The van der Waals surface area contributed by atoms with Gasteiger partial charge in [-0.15, -0.1) is 0 Å². The number of amides is 3. The summed E-state index contributed by atoms with van der Waals surface area (Å²) in [5.74, 6) is -1.93. The fourth-order valence-electron chi connectivity index (χ4n) is 2.81. The van der Waals surface area contributed by atoms with Crippen molar-refractivity contribution in [2.24, 2.45) is 11.8 Å². The second-order valence-electron chi connectivity index (χ2n) is 5.14. The van der Waals surface area contributed by atoms with E-state index in [0.717, 1.165) is 10.6 Å². The first-order chi connectivity index (χ1) is 10.5. The molecule has 1 saturated heterocycles. The molecule has 2 atom stereocenters. The lowest BCUT2D eigenvalue weighted by molar-refractivity contribution is -0.150. The first kappa shape index (κ1) is 14.4. The Morgan fingerprint density at radius 2 is 2.05 bits per heavy atom. The molecule has 0 saturated carbocycles. The predicted octanol–water partition coefficient (Wildman–Crippen LogP) is 0.506. The number of carbonyl (C=O) groups is 3. The number of nitrogens with zero attached hydrogens (tertiary/aromatic N) is 1. The molecule has 2 aliphatic carbocycles. The van der Waals surface area contributed by atoms with Crippen LogP contribution in [0, 0.1) is 11.8 Å². The molecule has 0 aromatic rings. The molecule has 22 heavy (non-hydrogen) atoms. The Morgan fingerprint density at radius 3 is 2.77 bits per heavy atom. The first-order valence-corrected chi connectivity index (χ1v) is 7.13. The quantitative estimate of drug-likeness (QED) is 0.544. The molecule has 0 bridgehead atoms. The topological polar surface area (TPSA) is 78.5 Å². The van der Waals surface area contributed by atoms with Crippen LogP contribution >= 0.6 is 12.2 Å². The zero-order chi connectivity index (χ0) is 15.9. The van der Waals surface area contributed by atoms with Crippen molar-refractivity contribution in [1.82, 2.24) is 15.8 Å². The van der Waals surface area contributed by atoms with Gasteiger partial charge in [0.05, 0.1) is 5.92 Å². The van der Waals surface area contributed by atoms with Crippen LogP contribution in [0.15, 0.2) is 47.6 Å². The summed E-state index contributed by atoms with van der Waals surface area (Å²) in [6.45, 7) is 1.29. The lowest BCUT2D eigenvalue weighted by Crippen LogP contribution is -2.60. The second-order valence-corrected chi connectivity index (χ2v) is 5.55. The standard InChI is InChI=1S/C15H13N3O3S/c1-8(19)16-15(22)17-18-13(20)10-6-2-4-9-5-3-7-11(12(9)10)14(18)21/h2-7,10,12H,1H3,(H2,16,17,19,22). The average molecular weight is 315 g/mol. The van der Waals surface area contributed by atoms with Gasteiger partial charge in [0.1, 0.15) is 0 Å². The summed E-state index contributed by atoms with van der Waals surface area (Å²) in [5.41, 5.74) is 3.97. The number of allylic oxidation sites excluding steroid dienone is 6. The molecule has 7 heteroatoms. The number of carbonyl (C=O) groups excluding carboxylic acids is 3. The Hall–Kier alpha value is -2.54. The fraction of sp³-hybridized carbons (Fsp3) is 0.200. The summed E-state index contributed by atoms with van der Waals surface area (Å²) >= 11 is 4.92. The molecule has 6 nitrogen and oxygen atoms in total. The smallest absolute Gasteiger partial charge is 0.276 e. The third-order valence-electron chi connectivity index (χ3n) is 3.68. The molecule has 0 aromatic carbocycles. The minimum atomic E-state index is -0.457. The molecule has 2 unspecified atom stereocenters. The number of imide groups is 1. The summed E-state index contributed by atoms with van der Waals surface area (Å²) in [4.78, 5) is 36.1. The number of hydrogen-bond acceptors (Lipinski definition) is 4. The normalized spacial score (nSPS) is 25.2. The molecule has 0 radical (unpaired) electrons. The Kier molecular flexibility index (Phi) is 3.50. The summed E-state index contributed by atoms with van der Waals surface area (Å²) in [5, 5.41) is 3.12. The fourth-order valence-corrected chi connectivity index (χ4v) is 3.04. The van der Waals surface area contributed by atoms with Crippen LogP contribution in [0.2, 0.25) is 0 Å². The third-order valence-corrected chi connectivity index (χ3v) is 3.88. The Labute approximate surface area is 132 Å². The van der Waals surface area contributed by atoms with Crippen molar-refractivity contribution in [2.75, 3.05) is 0 Å². The Bertz CT molecular complexity index is 718. The van der Waals surface area contributed by atoms with Crippen molar-refractivity contribution >= 4 is 35.1 Å². The van der Waals surface area contributed by atoms with Crippen molar-refractivity contribution in [2.45, 2.75) is 6.92 Å². The molecule has 112 valence electrons. The van der Waals surface area contributed by atoms with E-state index in [-0.39, 0.29) is 16.9 Å². The Balaban J connectivity index is 1.91. The van der Waals surface area contributed by atoms with Gasteiger partial charge in [-0.25, -0.2) is 0 Å². The number of piperidine rings is 1. The van der Waals surface area contributed by atoms with Crippen molar-refractivity contribution in [3.8, 4) is 0 Å². The van der Waals surface area contributed by atoms with Gasteiger partial charge in [-0.2, -0.15) is 5.01 Å². The van der Waals surface area contributed by atoms with Gasteiger partial charge in [-0.1, -0.05) is 36.5 Å². The van der Waals surface area contributed by atoms with E-state index in [2.05, 4.69) is 10.7 Å². The van der Waals surface area contributed by atoms with E-state index < -0.39 is 17.7 Å². The highest BCUT2D eigenvalue weighted by atomic mass is 32.1. The minimum Gasteiger partial charge on any atom is -0.302 e. The molecular formula is C15H13N3O3S. The third kappa shape index (κ3) is 2.29. The van der Waals surface area contributed by atoms with Crippen LogP contribution in [0.1, 0.15) is 6.92 Å². The molecule has 1 aliphatic heterocycles. The second kappa shape index (κ2) is 5.34. The summed E-state index contributed by atoms with van der Waals surface area (Å²) < 4.78 is 0. The van der Waals surface area contributed by atoms with Gasteiger partial charge in [0.2, 0.25) is 5.91 Å². The Morgan fingerprint density at radius 1 is 1.27 bits per heavy atom. The van der Waals surface area contributed by atoms with Crippen molar-refractivity contribution in [1.29, 1.82) is 0 Å². The maximum absolute atomic E-state index is 12.6. The van der Waals surface area contributed by atoms with Crippen molar-refractivity contribution in [3.05, 3.63) is 47.6 Å². The lowest BCUT2D eigenvalue weighted by Gasteiger charge is -2.39. The molecule has 0 spiro atoms. The van der Waals surface area contributed by atoms with E-state index in [9.17, 15) is 14.4 Å². The molecule has 1 fully saturated rings. The van der Waals surface area contributed by atoms with Crippen LogP contribution in [0.5, 0.6) is 0 Å². The summed E-state index contributed by atoms with van der Waals surface area (Å²) in [6.07, 6.45) is 10.9. The zero-order valence-electron chi connectivity index (χ0n) is 11.7. The number of nitrogens with one attached hydrogen (secondary N) is 2. The monoisotopic (exact) mass is 315 g/mol. The maximum atomic E-state index is 12.6. The van der Waals surface area contributed by atoms with Gasteiger partial charge in [0, 0.05) is 18.4 Å². The first-order valence-electron chi connectivity index (χ1n) is 6.72. The number of thiocarbonyl (C=S) groups is 1. The molecule has 3 rings (SSSR count). The molecule has 0 aromatic heterocycles. The van der Waals surface area contributed by atoms with Crippen LogP contribution in [0.25, 0.3) is 0 Å². The van der Waals surface area contributed by atoms with E-state index >= 15 is 0 Å². The molecule has 3 aliphatic rings. The minimum absolute atomic E-state index is 0.0878. The zero-order valence-corrected chi connectivity index (χ0v) is 12.5. The van der Waals surface area contributed by atoms with E-state index in [4.69, 9.17) is 12.2 Å². The van der Waals surface area contributed by atoms with Gasteiger partial charge >= 0.3 is 0 Å². The number of hydrogen-bond donors (Lipinski definition) is 2. The highest BCUT2D eigenvalue weighted by Crippen LogP contribution is 2.40. The average Bonchev–Trinajstić information content (AvgIpc) is 2.48. The SMILES string of the molecule is CC(=O)NC(=S)NN1C(=O)C2=CC=CC3=CC=CC(C1=O)C32. The highest BCUT2D eigenvalue weighted by Gasteiger charge is 2.46. The van der Waals surface area contributed by atoms with Crippen molar-refractivity contribution < 1.29 is 14.4 Å². The van der Waals surface area contributed by atoms with Gasteiger partial charge in [-0.3, -0.25) is 19.8 Å².